The minimum absolute atomic E-state index is 0.165. The summed E-state index contributed by atoms with van der Waals surface area (Å²) < 4.78 is 3.62. The van der Waals surface area contributed by atoms with Crippen molar-refractivity contribution in [1.29, 1.82) is 5.26 Å². The molecule has 0 spiro atoms. The van der Waals surface area contributed by atoms with Crippen molar-refractivity contribution < 1.29 is 4.79 Å². The predicted molar refractivity (Wildman–Crippen MR) is 152 cm³/mol. The van der Waals surface area contributed by atoms with E-state index in [-0.39, 0.29) is 16.9 Å². The molecule has 1 saturated heterocycles. The smallest absolute Gasteiger partial charge is 0.268 e. The third-order valence-corrected chi connectivity index (χ3v) is 7.79. The molecule has 4 heterocycles. The lowest BCUT2D eigenvalue weighted by molar-refractivity contribution is 0.0968. The molecule has 2 aromatic heterocycles. The van der Waals surface area contributed by atoms with Crippen LogP contribution in [0.15, 0.2) is 89.9 Å². The molecule has 7 heteroatoms. The van der Waals surface area contributed by atoms with Crippen molar-refractivity contribution in [2.75, 3.05) is 31.1 Å². The van der Waals surface area contributed by atoms with Gasteiger partial charge in [-0.05, 0) is 41.0 Å². The zero-order chi connectivity index (χ0) is 26.5. The van der Waals surface area contributed by atoms with E-state index in [1.807, 2.05) is 36.4 Å². The number of carbonyl (C=O) groups excluding carboxylic acids is 1. The van der Waals surface area contributed by atoms with Gasteiger partial charge in [0.25, 0.3) is 5.91 Å². The van der Waals surface area contributed by atoms with Crippen molar-refractivity contribution in [1.82, 2.24) is 14.5 Å². The van der Waals surface area contributed by atoms with Gasteiger partial charge in [0.15, 0.2) is 0 Å². The number of nitrogens with zero attached hydrogens (tertiary/aromatic N) is 4. The molecule has 190 valence electrons. The molecular weight excluding hydrogens is 486 g/mol. The Bertz CT molecular complexity index is 1850. The monoisotopic (exact) mass is 511 g/mol. The molecular formula is C32H25N5O2. The number of nitrogens with one attached hydrogen (secondary N) is 1. The normalized spacial score (nSPS) is 14.3. The van der Waals surface area contributed by atoms with Crippen LogP contribution in [0.5, 0.6) is 0 Å². The topological polar surface area (TPSA) is 83.1 Å². The van der Waals surface area contributed by atoms with Gasteiger partial charge in [-0.25, -0.2) is 0 Å². The molecule has 0 radical (unpaired) electrons. The van der Waals surface area contributed by atoms with Crippen LogP contribution in [0.1, 0.15) is 21.5 Å². The molecule has 39 heavy (non-hydrogen) atoms. The van der Waals surface area contributed by atoms with Crippen LogP contribution in [-0.2, 0) is 6.54 Å². The van der Waals surface area contributed by atoms with Crippen molar-refractivity contribution >= 4 is 22.5 Å². The van der Waals surface area contributed by atoms with Crippen molar-refractivity contribution in [3.8, 4) is 28.6 Å². The Labute approximate surface area is 225 Å². The minimum Gasteiger partial charge on any atom is -0.368 e. The Morgan fingerprint density at radius 1 is 0.872 bits per heavy atom. The van der Waals surface area contributed by atoms with Crippen LogP contribution in [0.3, 0.4) is 0 Å². The lowest BCUT2D eigenvalue weighted by Gasteiger charge is -2.30. The third kappa shape index (κ3) is 3.69. The lowest BCUT2D eigenvalue weighted by Crippen LogP contribution is -2.43. The fraction of sp³-hybridized carbons (Fsp3) is 0.156. The lowest BCUT2D eigenvalue weighted by atomic mass is 10.0. The summed E-state index contributed by atoms with van der Waals surface area (Å²) in [5, 5.41) is 13.8. The largest absolute Gasteiger partial charge is 0.368 e. The number of anilines is 1. The number of benzene rings is 3. The molecule has 2 aliphatic rings. The van der Waals surface area contributed by atoms with E-state index in [1.54, 1.807) is 16.8 Å². The summed E-state index contributed by atoms with van der Waals surface area (Å²) in [7, 11) is 0. The standard InChI is InChI=1S/C32H25N5O2/c33-19-24-17-25-28(18-27(24)35-15-12-34-13-16-35)37(30-26-7-4-14-36(26)32(39)29(30)31(25)38)20-21-8-10-23(11-9-21)22-5-2-1-3-6-22/h1-11,14,17-18,34H,12-13,15-16,20H2. The number of piperazine rings is 1. The van der Waals surface area contributed by atoms with Crippen LogP contribution >= 0.6 is 0 Å². The van der Waals surface area contributed by atoms with Gasteiger partial charge < -0.3 is 14.8 Å². The molecule has 7 rings (SSSR count). The Hall–Kier alpha value is -4.93. The number of rotatable bonds is 4. The van der Waals surface area contributed by atoms with Gasteiger partial charge in [-0.2, -0.15) is 5.26 Å². The quantitative estimate of drug-likeness (QED) is 0.378. The molecule has 0 amide bonds. The molecule has 5 aromatic rings. The molecule has 0 unspecified atom stereocenters. The van der Waals surface area contributed by atoms with E-state index in [4.69, 9.17) is 0 Å². The van der Waals surface area contributed by atoms with E-state index in [1.165, 1.54) is 0 Å². The maximum atomic E-state index is 13.8. The number of pyridine rings is 1. The second-order valence-electron chi connectivity index (χ2n) is 10.0. The second kappa shape index (κ2) is 9.12. The zero-order valence-corrected chi connectivity index (χ0v) is 21.2. The maximum Gasteiger partial charge on any atom is 0.268 e. The van der Waals surface area contributed by atoms with E-state index in [0.717, 1.165) is 54.1 Å². The first-order valence-corrected chi connectivity index (χ1v) is 13.1. The minimum atomic E-state index is -0.326. The van der Waals surface area contributed by atoms with Crippen LogP contribution in [0.25, 0.3) is 33.4 Å². The Morgan fingerprint density at radius 3 is 2.36 bits per heavy atom. The average molecular weight is 512 g/mol. The first kappa shape index (κ1) is 23.2. The van der Waals surface area contributed by atoms with Crippen molar-refractivity contribution in [2.45, 2.75) is 6.54 Å². The Morgan fingerprint density at radius 2 is 1.62 bits per heavy atom. The molecule has 0 saturated carbocycles. The zero-order valence-electron chi connectivity index (χ0n) is 21.2. The van der Waals surface area contributed by atoms with Gasteiger partial charge in [0.05, 0.1) is 28.2 Å². The van der Waals surface area contributed by atoms with Crippen LogP contribution in [0, 0.1) is 11.3 Å². The van der Waals surface area contributed by atoms with Gasteiger partial charge in [0.2, 0.25) is 5.43 Å². The number of aromatic nitrogens is 2. The first-order chi connectivity index (χ1) is 19.1. The van der Waals surface area contributed by atoms with Crippen LogP contribution in [0.4, 0.5) is 5.69 Å². The summed E-state index contributed by atoms with van der Waals surface area (Å²) in [5.41, 5.74) is 6.49. The van der Waals surface area contributed by atoms with Crippen LogP contribution in [0.2, 0.25) is 0 Å². The highest BCUT2D eigenvalue weighted by atomic mass is 16.2. The Kier molecular flexibility index (Phi) is 5.43. The van der Waals surface area contributed by atoms with Gasteiger partial charge in [-0.1, -0.05) is 54.6 Å². The van der Waals surface area contributed by atoms with Crippen molar-refractivity contribution in [2.24, 2.45) is 0 Å². The SMILES string of the molecule is N#Cc1cc2c(=O)c3c(n(Cc4ccc(-c5ccccc5)cc4)c2cc1N1CCNCC1)-c1cccn1C3=O. The summed E-state index contributed by atoms with van der Waals surface area (Å²) in [6.07, 6.45) is 1.70. The highest BCUT2D eigenvalue weighted by Gasteiger charge is 2.33. The van der Waals surface area contributed by atoms with E-state index in [2.05, 4.69) is 57.3 Å². The fourth-order valence-corrected chi connectivity index (χ4v) is 5.85. The van der Waals surface area contributed by atoms with E-state index < -0.39 is 0 Å². The van der Waals surface area contributed by atoms with Gasteiger partial charge in [0, 0.05) is 44.3 Å². The highest BCUT2D eigenvalue weighted by molar-refractivity contribution is 6.10. The van der Waals surface area contributed by atoms with E-state index >= 15 is 0 Å². The van der Waals surface area contributed by atoms with Crippen LogP contribution in [-0.4, -0.2) is 41.2 Å². The summed E-state index contributed by atoms with van der Waals surface area (Å²) >= 11 is 0. The predicted octanol–water partition coefficient (Wildman–Crippen LogP) is 4.47. The number of fused-ring (bicyclic) bond motifs is 4. The molecule has 0 bridgehead atoms. The summed E-state index contributed by atoms with van der Waals surface area (Å²) in [5.74, 6) is -0.324. The number of carbonyl (C=O) groups is 1. The number of hydrogen-bond donors (Lipinski definition) is 1. The number of nitriles is 1. The number of hydrogen-bond acceptors (Lipinski definition) is 5. The summed E-state index contributed by atoms with van der Waals surface area (Å²) in [4.78, 5) is 29.3. The molecule has 1 N–H and O–H groups in total. The third-order valence-electron chi connectivity index (χ3n) is 7.79. The molecule has 7 nitrogen and oxygen atoms in total. The second-order valence-corrected chi connectivity index (χ2v) is 10.0. The van der Waals surface area contributed by atoms with Gasteiger partial charge >= 0.3 is 0 Å². The molecule has 0 atom stereocenters. The van der Waals surface area contributed by atoms with Gasteiger partial charge in [-0.3, -0.25) is 14.2 Å². The first-order valence-electron chi connectivity index (χ1n) is 13.1. The Balaban J connectivity index is 1.44. The highest BCUT2D eigenvalue weighted by Crippen LogP contribution is 2.36. The van der Waals surface area contributed by atoms with Crippen LogP contribution < -0.4 is 15.6 Å². The van der Waals surface area contributed by atoms with Gasteiger partial charge in [-0.15, -0.1) is 0 Å². The van der Waals surface area contributed by atoms with E-state index in [0.29, 0.717) is 28.9 Å². The molecule has 0 aliphatic carbocycles. The molecule has 3 aromatic carbocycles. The average Bonchev–Trinajstić information content (AvgIpc) is 3.58. The maximum absolute atomic E-state index is 13.8. The van der Waals surface area contributed by atoms with E-state index in [9.17, 15) is 14.9 Å². The molecule has 2 aliphatic heterocycles. The van der Waals surface area contributed by atoms with Crippen molar-refractivity contribution in [3.63, 3.8) is 0 Å². The van der Waals surface area contributed by atoms with Crippen molar-refractivity contribution in [3.05, 3.63) is 112 Å². The fourth-order valence-electron chi connectivity index (χ4n) is 5.85. The van der Waals surface area contributed by atoms with Gasteiger partial charge in [0.1, 0.15) is 11.6 Å². The summed E-state index contributed by atoms with van der Waals surface area (Å²) in [6, 6.07) is 28.2. The molecule has 1 fully saturated rings. The summed E-state index contributed by atoms with van der Waals surface area (Å²) in [6.45, 7) is 3.68.